The van der Waals surface area contributed by atoms with Gasteiger partial charge in [-0.25, -0.2) is 9.78 Å². The number of rotatable bonds is 17. The number of carboxylic acids is 1. The lowest BCUT2D eigenvalue weighted by Crippen LogP contribution is -2.57. The van der Waals surface area contributed by atoms with Crippen LogP contribution in [0.25, 0.3) is 10.9 Å². The Morgan fingerprint density at radius 2 is 1.64 bits per heavy atom. The molecule has 4 atom stereocenters. The fourth-order valence-corrected chi connectivity index (χ4v) is 4.75. The highest BCUT2D eigenvalue weighted by Gasteiger charge is 2.31. The van der Waals surface area contributed by atoms with Gasteiger partial charge in [-0.05, 0) is 36.8 Å². The van der Waals surface area contributed by atoms with Crippen molar-refractivity contribution in [1.29, 1.82) is 0 Å². The lowest BCUT2D eigenvalue weighted by atomic mass is 10.0. The minimum Gasteiger partial charge on any atom is -0.480 e. The number of imidazole rings is 1. The average molecular weight is 611 g/mol. The van der Waals surface area contributed by atoms with Crippen LogP contribution in [0.5, 0.6) is 0 Å². The maximum absolute atomic E-state index is 13.5. The number of nitrogens with two attached hydrogens (primary N) is 3. The van der Waals surface area contributed by atoms with Crippen molar-refractivity contribution in [2.24, 2.45) is 28.1 Å². The smallest absolute Gasteiger partial charge is 0.326 e. The topological polar surface area (TPSA) is 259 Å². The Hall–Kier alpha value is -4.92. The number of nitrogens with zero attached hydrogens (tertiary/aromatic N) is 2. The number of amides is 3. The van der Waals surface area contributed by atoms with Crippen LogP contribution in [0.15, 0.2) is 48.0 Å². The molecule has 12 N–H and O–H groups in total. The van der Waals surface area contributed by atoms with Crippen molar-refractivity contribution in [2.45, 2.75) is 70.1 Å². The van der Waals surface area contributed by atoms with E-state index in [9.17, 15) is 24.3 Å². The molecule has 2 aromatic heterocycles. The summed E-state index contributed by atoms with van der Waals surface area (Å²) >= 11 is 0. The standard InChI is InChI=1S/C29H42N10O5/c1-16(2)10-23(27(42)39-24(28(43)44)11-17-13-35-21-7-4-3-6-19(17)21)38-26(41)22(8-5-9-34-29(31)32)37-25(40)20(30)12-18-14-33-15-36-18/h3-4,6-7,13-16,20,22-24,35H,5,8-12,30H2,1-2H3,(H,33,36)(H,37,40)(H,38,41)(H,39,42)(H,43,44)(H4,31,32,34). The molecule has 0 aliphatic rings. The molecule has 2 heterocycles. The highest BCUT2D eigenvalue weighted by Crippen LogP contribution is 2.19. The summed E-state index contributed by atoms with van der Waals surface area (Å²) in [7, 11) is 0. The molecule has 15 heteroatoms. The number of hydrogen-bond donors (Lipinski definition) is 9. The number of aromatic nitrogens is 3. The molecule has 15 nitrogen and oxygen atoms in total. The Kier molecular flexibility index (Phi) is 12.3. The zero-order valence-electron chi connectivity index (χ0n) is 24.9. The summed E-state index contributed by atoms with van der Waals surface area (Å²) in [5, 5.41) is 18.7. The van der Waals surface area contributed by atoms with Crippen molar-refractivity contribution in [3.05, 3.63) is 54.2 Å². The van der Waals surface area contributed by atoms with Gasteiger partial charge in [0.15, 0.2) is 5.96 Å². The molecular formula is C29H42N10O5. The molecular weight excluding hydrogens is 568 g/mol. The van der Waals surface area contributed by atoms with E-state index in [1.165, 1.54) is 6.33 Å². The van der Waals surface area contributed by atoms with E-state index in [4.69, 9.17) is 17.2 Å². The molecule has 44 heavy (non-hydrogen) atoms. The monoisotopic (exact) mass is 610 g/mol. The molecule has 3 aromatic rings. The molecule has 3 rings (SSSR count). The number of carbonyl (C=O) groups is 4. The van der Waals surface area contributed by atoms with Gasteiger partial charge < -0.3 is 48.2 Å². The third-order valence-electron chi connectivity index (χ3n) is 6.96. The molecule has 0 saturated heterocycles. The summed E-state index contributed by atoms with van der Waals surface area (Å²) < 4.78 is 0. The molecule has 0 saturated carbocycles. The van der Waals surface area contributed by atoms with Crippen molar-refractivity contribution in [3.63, 3.8) is 0 Å². The van der Waals surface area contributed by atoms with Gasteiger partial charge in [0, 0.05) is 48.4 Å². The molecule has 0 radical (unpaired) electrons. The van der Waals surface area contributed by atoms with Gasteiger partial charge >= 0.3 is 5.97 Å². The van der Waals surface area contributed by atoms with Crippen LogP contribution in [0, 0.1) is 5.92 Å². The predicted octanol–water partition coefficient (Wildman–Crippen LogP) is -0.358. The Morgan fingerprint density at radius 1 is 0.955 bits per heavy atom. The van der Waals surface area contributed by atoms with Gasteiger partial charge in [-0.3, -0.25) is 19.4 Å². The second kappa shape index (κ2) is 16.1. The molecule has 238 valence electrons. The third kappa shape index (κ3) is 10.1. The maximum atomic E-state index is 13.5. The molecule has 4 unspecified atom stereocenters. The summed E-state index contributed by atoms with van der Waals surface area (Å²) in [4.78, 5) is 65.8. The van der Waals surface area contributed by atoms with Crippen LogP contribution in [0.2, 0.25) is 0 Å². The Labute approximate surface area is 254 Å². The molecule has 0 fully saturated rings. The Balaban J connectivity index is 1.73. The number of aromatic amines is 2. The van der Waals surface area contributed by atoms with E-state index in [2.05, 4.69) is 35.9 Å². The first-order valence-corrected chi connectivity index (χ1v) is 14.4. The van der Waals surface area contributed by atoms with Crippen LogP contribution >= 0.6 is 0 Å². The zero-order chi connectivity index (χ0) is 32.2. The second-order valence-corrected chi connectivity index (χ2v) is 11.1. The van der Waals surface area contributed by atoms with E-state index < -0.39 is 47.9 Å². The number of hydrogen-bond acceptors (Lipinski definition) is 7. The molecule has 3 amide bonds. The number of guanidine groups is 1. The number of fused-ring (bicyclic) bond motifs is 1. The van der Waals surface area contributed by atoms with Crippen molar-refractivity contribution < 1.29 is 24.3 Å². The lowest BCUT2D eigenvalue weighted by Gasteiger charge is -2.26. The minimum atomic E-state index is -1.25. The number of para-hydroxylation sites is 1. The number of nitrogens with one attached hydrogen (secondary N) is 5. The Bertz CT molecular complexity index is 1430. The largest absolute Gasteiger partial charge is 0.480 e. The first kappa shape index (κ1) is 33.6. The molecule has 0 aliphatic heterocycles. The van der Waals surface area contributed by atoms with E-state index in [0.29, 0.717) is 12.1 Å². The first-order valence-electron chi connectivity index (χ1n) is 14.4. The SMILES string of the molecule is CC(C)CC(NC(=O)C(CCCN=C(N)N)NC(=O)C(N)Cc1cnc[nH]1)C(=O)NC(Cc1c[nH]c2ccccc12)C(=O)O. The number of carbonyl (C=O) groups excluding carboxylic acids is 3. The van der Waals surface area contributed by atoms with Gasteiger partial charge in [-0.1, -0.05) is 32.0 Å². The van der Waals surface area contributed by atoms with Crippen molar-refractivity contribution in [2.75, 3.05) is 6.54 Å². The summed E-state index contributed by atoms with van der Waals surface area (Å²) in [5.41, 5.74) is 19.1. The number of benzene rings is 1. The zero-order valence-corrected chi connectivity index (χ0v) is 24.9. The van der Waals surface area contributed by atoms with Crippen LogP contribution in [0.4, 0.5) is 0 Å². The highest BCUT2D eigenvalue weighted by molar-refractivity contribution is 5.94. The Morgan fingerprint density at radius 3 is 2.30 bits per heavy atom. The second-order valence-electron chi connectivity index (χ2n) is 11.1. The van der Waals surface area contributed by atoms with Crippen molar-refractivity contribution in [3.8, 4) is 0 Å². The summed E-state index contributed by atoms with van der Waals surface area (Å²) in [5.74, 6) is -3.20. The van der Waals surface area contributed by atoms with E-state index in [1.54, 1.807) is 12.4 Å². The van der Waals surface area contributed by atoms with E-state index in [-0.39, 0.29) is 44.1 Å². The van der Waals surface area contributed by atoms with Crippen LogP contribution in [-0.2, 0) is 32.0 Å². The predicted molar refractivity (Wildman–Crippen MR) is 165 cm³/mol. The summed E-state index contributed by atoms with van der Waals surface area (Å²) in [6.45, 7) is 3.96. The highest BCUT2D eigenvalue weighted by atomic mass is 16.4. The number of H-pyrrole nitrogens is 2. The van der Waals surface area contributed by atoms with Crippen LogP contribution in [0.1, 0.15) is 44.4 Å². The summed E-state index contributed by atoms with van der Waals surface area (Å²) in [6.07, 6.45) is 5.65. The molecule has 1 aromatic carbocycles. The molecule has 0 spiro atoms. The normalized spacial score (nSPS) is 13.9. The third-order valence-corrected chi connectivity index (χ3v) is 6.96. The van der Waals surface area contributed by atoms with Crippen LogP contribution < -0.4 is 33.2 Å². The van der Waals surface area contributed by atoms with Gasteiger partial charge in [0.05, 0.1) is 12.4 Å². The fourth-order valence-electron chi connectivity index (χ4n) is 4.75. The fraction of sp³-hybridized carbons (Fsp3) is 0.448. The molecule has 0 bridgehead atoms. The van der Waals surface area contributed by atoms with Gasteiger partial charge in [0.25, 0.3) is 0 Å². The van der Waals surface area contributed by atoms with Crippen LogP contribution in [0.3, 0.4) is 0 Å². The number of aliphatic carboxylic acids is 1. The quantitative estimate of drug-likeness (QED) is 0.0548. The molecule has 0 aliphatic carbocycles. The van der Waals surface area contributed by atoms with Crippen molar-refractivity contribution in [1.82, 2.24) is 30.9 Å². The van der Waals surface area contributed by atoms with Crippen LogP contribution in [-0.4, -0.2) is 80.4 Å². The van der Waals surface area contributed by atoms with E-state index in [0.717, 1.165) is 16.5 Å². The maximum Gasteiger partial charge on any atom is 0.326 e. The van der Waals surface area contributed by atoms with E-state index >= 15 is 0 Å². The number of aliphatic imine (C=N–C) groups is 1. The average Bonchev–Trinajstić information content (AvgIpc) is 3.63. The van der Waals surface area contributed by atoms with Gasteiger partial charge in [0.2, 0.25) is 17.7 Å². The van der Waals surface area contributed by atoms with Gasteiger partial charge in [-0.2, -0.15) is 0 Å². The van der Waals surface area contributed by atoms with Gasteiger partial charge in [-0.15, -0.1) is 0 Å². The van der Waals surface area contributed by atoms with E-state index in [1.807, 2.05) is 38.1 Å². The first-order chi connectivity index (χ1) is 20.9. The lowest BCUT2D eigenvalue weighted by molar-refractivity contribution is -0.142. The number of carboxylic acid groups (broad SMARTS) is 1. The minimum absolute atomic E-state index is 0.0271. The summed E-state index contributed by atoms with van der Waals surface area (Å²) in [6, 6.07) is 3.10. The van der Waals surface area contributed by atoms with Crippen molar-refractivity contribution >= 4 is 40.6 Å². The van der Waals surface area contributed by atoms with Gasteiger partial charge in [0.1, 0.15) is 18.1 Å².